The minimum absolute atomic E-state index is 0.0632. The van der Waals surface area contributed by atoms with Gasteiger partial charge in [-0.1, -0.05) is 12.1 Å². The quantitative estimate of drug-likeness (QED) is 0.801. The SMILES string of the molecule is C[C@@H](N)c1ccc(OCCOC(C)(C)C)cc1. The molecule has 1 aromatic rings. The molecule has 0 saturated carbocycles. The summed E-state index contributed by atoms with van der Waals surface area (Å²) in [5, 5.41) is 0. The Kier molecular flexibility index (Phi) is 4.97. The van der Waals surface area contributed by atoms with Crippen LogP contribution in [-0.2, 0) is 4.74 Å². The highest BCUT2D eigenvalue weighted by molar-refractivity contribution is 5.28. The van der Waals surface area contributed by atoms with Crippen molar-refractivity contribution in [2.75, 3.05) is 13.2 Å². The van der Waals surface area contributed by atoms with Crippen LogP contribution in [0.5, 0.6) is 5.75 Å². The molecule has 1 rings (SSSR count). The first-order valence-corrected chi connectivity index (χ1v) is 6.01. The summed E-state index contributed by atoms with van der Waals surface area (Å²) < 4.78 is 11.1. The Balaban J connectivity index is 2.33. The molecule has 0 fully saturated rings. The maximum absolute atomic E-state index is 5.77. The average molecular weight is 237 g/mol. The molecule has 0 aromatic heterocycles. The molecule has 0 bridgehead atoms. The highest BCUT2D eigenvalue weighted by Gasteiger charge is 2.09. The van der Waals surface area contributed by atoms with Crippen LogP contribution in [0, 0.1) is 0 Å². The second kappa shape index (κ2) is 6.03. The summed E-state index contributed by atoms with van der Waals surface area (Å²) >= 11 is 0. The molecule has 0 aliphatic carbocycles. The molecule has 0 saturated heterocycles. The molecule has 1 atom stereocenters. The lowest BCUT2D eigenvalue weighted by molar-refractivity contribution is -0.0163. The second-order valence-electron chi connectivity index (χ2n) is 5.17. The van der Waals surface area contributed by atoms with Crippen molar-refractivity contribution in [3.63, 3.8) is 0 Å². The van der Waals surface area contributed by atoms with E-state index in [2.05, 4.69) is 0 Å². The van der Waals surface area contributed by atoms with Crippen LogP contribution in [0.1, 0.15) is 39.3 Å². The maximum atomic E-state index is 5.77. The van der Waals surface area contributed by atoms with Crippen molar-refractivity contribution in [3.05, 3.63) is 29.8 Å². The van der Waals surface area contributed by atoms with Gasteiger partial charge in [-0.3, -0.25) is 0 Å². The number of rotatable bonds is 5. The van der Waals surface area contributed by atoms with Crippen LogP contribution >= 0.6 is 0 Å². The van der Waals surface area contributed by atoms with Gasteiger partial charge in [-0.2, -0.15) is 0 Å². The van der Waals surface area contributed by atoms with E-state index in [1.54, 1.807) is 0 Å². The molecule has 0 aliphatic heterocycles. The van der Waals surface area contributed by atoms with Crippen LogP contribution in [0.4, 0.5) is 0 Å². The van der Waals surface area contributed by atoms with E-state index in [0.717, 1.165) is 11.3 Å². The van der Waals surface area contributed by atoms with Gasteiger partial charge in [0.15, 0.2) is 0 Å². The van der Waals surface area contributed by atoms with Crippen molar-refractivity contribution in [2.45, 2.75) is 39.3 Å². The summed E-state index contributed by atoms with van der Waals surface area (Å²) in [6, 6.07) is 7.93. The molecular weight excluding hydrogens is 214 g/mol. The Bertz CT molecular complexity index is 325. The van der Waals surface area contributed by atoms with Gasteiger partial charge >= 0.3 is 0 Å². The predicted molar refractivity (Wildman–Crippen MR) is 70.2 cm³/mol. The fraction of sp³-hybridized carbons (Fsp3) is 0.571. The molecule has 3 heteroatoms. The van der Waals surface area contributed by atoms with E-state index in [1.165, 1.54) is 0 Å². The molecule has 96 valence electrons. The Hall–Kier alpha value is -1.06. The molecule has 0 unspecified atom stereocenters. The van der Waals surface area contributed by atoms with Crippen LogP contribution in [0.3, 0.4) is 0 Å². The molecule has 3 nitrogen and oxygen atoms in total. The van der Waals surface area contributed by atoms with E-state index in [9.17, 15) is 0 Å². The Morgan fingerprint density at radius 1 is 1.12 bits per heavy atom. The third-order valence-corrected chi connectivity index (χ3v) is 2.29. The fourth-order valence-corrected chi connectivity index (χ4v) is 1.37. The third kappa shape index (κ3) is 5.71. The zero-order valence-electron chi connectivity index (χ0n) is 11.2. The van der Waals surface area contributed by atoms with Crippen LogP contribution in [-0.4, -0.2) is 18.8 Å². The molecule has 0 aliphatic rings. The zero-order chi connectivity index (χ0) is 12.9. The summed E-state index contributed by atoms with van der Waals surface area (Å²) in [5.74, 6) is 0.854. The fourth-order valence-electron chi connectivity index (χ4n) is 1.37. The number of nitrogens with two attached hydrogens (primary N) is 1. The first-order chi connectivity index (χ1) is 7.88. The molecule has 0 heterocycles. The first kappa shape index (κ1) is 14.0. The van der Waals surface area contributed by atoms with Crippen molar-refractivity contribution in [3.8, 4) is 5.75 Å². The average Bonchev–Trinajstić information content (AvgIpc) is 2.24. The molecule has 2 N–H and O–H groups in total. The Labute approximate surface area is 104 Å². The summed E-state index contributed by atoms with van der Waals surface area (Å²) in [5.41, 5.74) is 6.78. The lowest BCUT2D eigenvalue weighted by Crippen LogP contribution is -2.22. The third-order valence-electron chi connectivity index (χ3n) is 2.29. The largest absolute Gasteiger partial charge is 0.491 e. The van der Waals surface area contributed by atoms with Crippen LogP contribution in [0.2, 0.25) is 0 Å². The molecule has 17 heavy (non-hydrogen) atoms. The number of benzene rings is 1. The van der Waals surface area contributed by atoms with E-state index < -0.39 is 0 Å². The minimum Gasteiger partial charge on any atom is -0.491 e. The Morgan fingerprint density at radius 3 is 2.18 bits per heavy atom. The van der Waals surface area contributed by atoms with E-state index in [-0.39, 0.29) is 11.6 Å². The van der Waals surface area contributed by atoms with Crippen molar-refractivity contribution in [2.24, 2.45) is 5.73 Å². The van der Waals surface area contributed by atoms with Gasteiger partial charge in [0.2, 0.25) is 0 Å². The molecule has 1 aromatic carbocycles. The smallest absolute Gasteiger partial charge is 0.119 e. The second-order valence-corrected chi connectivity index (χ2v) is 5.17. The lowest BCUT2D eigenvalue weighted by Gasteiger charge is -2.19. The van der Waals surface area contributed by atoms with Gasteiger partial charge in [-0.25, -0.2) is 0 Å². The van der Waals surface area contributed by atoms with Gasteiger partial charge in [-0.05, 0) is 45.4 Å². The summed E-state index contributed by atoms with van der Waals surface area (Å²) in [6.45, 7) is 9.22. The van der Waals surface area contributed by atoms with Gasteiger partial charge in [-0.15, -0.1) is 0 Å². The minimum atomic E-state index is -0.109. The summed E-state index contributed by atoms with van der Waals surface area (Å²) in [4.78, 5) is 0. The van der Waals surface area contributed by atoms with Crippen molar-refractivity contribution < 1.29 is 9.47 Å². The van der Waals surface area contributed by atoms with Gasteiger partial charge in [0.25, 0.3) is 0 Å². The van der Waals surface area contributed by atoms with E-state index in [1.807, 2.05) is 52.0 Å². The van der Waals surface area contributed by atoms with E-state index in [0.29, 0.717) is 13.2 Å². The van der Waals surface area contributed by atoms with Crippen molar-refractivity contribution in [1.82, 2.24) is 0 Å². The number of ether oxygens (including phenoxy) is 2. The molecular formula is C14H23NO2. The predicted octanol–water partition coefficient (Wildman–Crippen LogP) is 2.90. The van der Waals surface area contributed by atoms with Gasteiger partial charge < -0.3 is 15.2 Å². The van der Waals surface area contributed by atoms with Gasteiger partial charge in [0, 0.05) is 6.04 Å². The summed E-state index contributed by atoms with van der Waals surface area (Å²) in [7, 11) is 0. The number of hydrogen-bond acceptors (Lipinski definition) is 3. The monoisotopic (exact) mass is 237 g/mol. The van der Waals surface area contributed by atoms with E-state index >= 15 is 0 Å². The molecule has 0 radical (unpaired) electrons. The molecule has 0 amide bonds. The topological polar surface area (TPSA) is 44.5 Å². The van der Waals surface area contributed by atoms with Crippen molar-refractivity contribution >= 4 is 0 Å². The van der Waals surface area contributed by atoms with Crippen LogP contribution in [0.25, 0.3) is 0 Å². The highest BCUT2D eigenvalue weighted by Crippen LogP contribution is 2.16. The maximum Gasteiger partial charge on any atom is 0.119 e. The van der Waals surface area contributed by atoms with E-state index in [4.69, 9.17) is 15.2 Å². The zero-order valence-corrected chi connectivity index (χ0v) is 11.2. The van der Waals surface area contributed by atoms with Crippen LogP contribution in [0.15, 0.2) is 24.3 Å². The molecule has 0 spiro atoms. The standard InChI is InChI=1S/C14H23NO2/c1-11(15)12-5-7-13(8-6-12)16-9-10-17-14(2,3)4/h5-8,11H,9-10,15H2,1-4H3/t11-/m1/s1. The normalized spacial score (nSPS) is 13.5. The summed E-state index contributed by atoms with van der Waals surface area (Å²) in [6.07, 6.45) is 0. The van der Waals surface area contributed by atoms with Gasteiger partial charge in [0.05, 0.1) is 12.2 Å². The lowest BCUT2D eigenvalue weighted by atomic mass is 10.1. The first-order valence-electron chi connectivity index (χ1n) is 6.01. The van der Waals surface area contributed by atoms with Crippen molar-refractivity contribution in [1.29, 1.82) is 0 Å². The van der Waals surface area contributed by atoms with Crippen LogP contribution < -0.4 is 10.5 Å². The van der Waals surface area contributed by atoms with Gasteiger partial charge in [0.1, 0.15) is 12.4 Å². The highest BCUT2D eigenvalue weighted by atomic mass is 16.5. The number of hydrogen-bond donors (Lipinski definition) is 1. The Morgan fingerprint density at radius 2 is 1.71 bits per heavy atom.